The summed E-state index contributed by atoms with van der Waals surface area (Å²) in [6, 6.07) is 0.0503. The number of ether oxygens (including phenoxy) is 1. The summed E-state index contributed by atoms with van der Waals surface area (Å²) in [7, 11) is 0. The van der Waals surface area contributed by atoms with Crippen LogP contribution in [0.25, 0.3) is 11.7 Å². The van der Waals surface area contributed by atoms with E-state index < -0.39 is 11.5 Å². The Kier molecular flexibility index (Phi) is 6.29. The monoisotopic (exact) mass is 458 g/mol. The molecule has 3 N–H and O–H groups in total. The van der Waals surface area contributed by atoms with Crippen LogP contribution in [0, 0.1) is 5.92 Å². The molecule has 2 amide bonds. The van der Waals surface area contributed by atoms with E-state index in [4.69, 9.17) is 4.74 Å². The van der Waals surface area contributed by atoms with E-state index in [1.165, 1.54) is 10.6 Å². The smallest absolute Gasteiger partial charge is 0.378 e. The second-order valence-electron chi connectivity index (χ2n) is 9.48. The Morgan fingerprint density at radius 1 is 1.30 bits per heavy atom. The number of H-pyrrole nitrogens is 1. The van der Waals surface area contributed by atoms with E-state index in [0.29, 0.717) is 30.8 Å². The summed E-state index contributed by atoms with van der Waals surface area (Å²) in [6.45, 7) is 9.21. The first-order valence-electron chi connectivity index (χ1n) is 11.5. The Morgan fingerprint density at radius 2 is 1.97 bits per heavy atom. The highest BCUT2D eigenvalue weighted by atomic mass is 16.5. The zero-order valence-corrected chi connectivity index (χ0v) is 19.5. The molecule has 1 aliphatic carbocycles. The lowest BCUT2D eigenvalue weighted by molar-refractivity contribution is -0.686. The molecule has 1 aliphatic heterocycles. The second-order valence-corrected chi connectivity index (χ2v) is 9.48. The van der Waals surface area contributed by atoms with Gasteiger partial charge in [-0.1, -0.05) is 18.4 Å². The normalized spacial score (nSPS) is 21.3. The maximum absolute atomic E-state index is 13.1. The third-order valence-electron chi connectivity index (χ3n) is 5.80. The first-order chi connectivity index (χ1) is 15.7. The Labute approximate surface area is 191 Å². The SMILES string of the molecule is CC(C)C[n+]1c(O)c(C(=O)NC2CC2)c(=O)n2[nH]cc(/C=C/C(=O)N3C[C@H](C)O[C@@H](C)C3)c21. The zero-order chi connectivity index (χ0) is 23.9. The Balaban J connectivity index is 1.72. The predicted octanol–water partition coefficient (Wildman–Crippen LogP) is 0.818. The molecule has 2 aromatic rings. The number of aromatic amines is 1. The number of nitrogens with one attached hydrogen (secondary N) is 2. The van der Waals surface area contributed by atoms with E-state index in [1.54, 1.807) is 21.7 Å². The van der Waals surface area contributed by atoms with Crippen LogP contribution < -0.4 is 15.4 Å². The fraction of sp³-hybridized carbons (Fsp3) is 0.565. The lowest BCUT2D eigenvalue weighted by atomic mass is 10.2. The number of nitrogens with zero attached hydrogens (tertiary/aromatic N) is 3. The van der Waals surface area contributed by atoms with Crippen LogP contribution in [-0.2, 0) is 16.1 Å². The summed E-state index contributed by atoms with van der Waals surface area (Å²) in [5.74, 6) is -0.974. The molecule has 4 rings (SSSR count). The number of carbonyl (C=O) groups is 2. The molecule has 0 radical (unpaired) electrons. The molecule has 0 spiro atoms. The van der Waals surface area contributed by atoms with E-state index in [2.05, 4.69) is 10.4 Å². The third kappa shape index (κ3) is 4.80. The van der Waals surface area contributed by atoms with Crippen LogP contribution in [0.2, 0.25) is 0 Å². The summed E-state index contributed by atoms with van der Waals surface area (Å²) < 4.78 is 8.48. The first-order valence-corrected chi connectivity index (χ1v) is 11.5. The van der Waals surface area contributed by atoms with Crippen molar-refractivity contribution >= 4 is 23.5 Å². The molecule has 0 unspecified atom stereocenters. The molecule has 1 saturated carbocycles. The van der Waals surface area contributed by atoms with Gasteiger partial charge < -0.3 is 20.1 Å². The summed E-state index contributed by atoms with van der Waals surface area (Å²) in [4.78, 5) is 40.3. The van der Waals surface area contributed by atoms with E-state index >= 15 is 0 Å². The summed E-state index contributed by atoms with van der Waals surface area (Å²) in [5.41, 5.74) is 0.0223. The fourth-order valence-electron chi connectivity index (χ4n) is 4.23. The highest BCUT2D eigenvalue weighted by Gasteiger charge is 2.34. The van der Waals surface area contributed by atoms with Gasteiger partial charge in [-0.15, -0.1) is 0 Å². The quantitative estimate of drug-likeness (QED) is 0.437. The number of fused-ring (bicyclic) bond motifs is 1. The van der Waals surface area contributed by atoms with Crippen LogP contribution in [0.15, 0.2) is 17.1 Å². The summed E-state index contributed by atoms with van der Waals surface area (Å²) in [5, 5.41) is 16.6. The summed E-state index contributed by atoms with van der Waals surface area (Å²) in [6.07, 6.45) is 6.33. The predicted molar refractivity (Wildman–Crippen MR) is 121 cm³/mol. The molecule has 2 aromatic heterocycles. The highest BCUT2D eigenvalue weighted by molar-refractivity contribution is 5.96. The third-order valence-corrected chi connectivity index (χ3v) is 5.80. The fourth-order valence-corrected chi connectivity index (χ4v) is 4.23. The van der Waals surface area contributed by atoms with Crippen molar-refractivity contribution in [3.63, 3.8) is 0 Å². The van der Waals surface area contributed by atoms with Gasteiger partial charge in [0.05, 0.1) is 30.5 Å². The minimum absolute atomic E-state index is 0.0388. The van der Waals surface area contributed by atoms with Crippen molar-refractivity contribution < 1.29 is 24.0 Å². The van der Waals surface area contributed by atoms with Crippen molar-refractivity contribution in [1.29, 1.82) is 0 Å². The van der Waals surface area contributed by atoms with Gasteiger partial charge >= 0.3 is 17.1 Å². The minimum Gasteiger partial charge on any atom is -0.477 e. The van der Waals surface area contributed by atoms with Gasteiger partial charge in [-0.3, -0.25) is 9.59 Å². The van der Waals surface area contributed by atoms with Crippen molar-refractivity contribution in [2.24, 2.45) is 5.92 Å². The topological polar surface area (TPSA) is 120 Å². The average molecular weight is 459 g/mol. The average Bonchev–Trinajstić information content (AvgIpc) is 3.44. The number of carbonyl (C=O) groups excluding carboxylic acids is 2. The van der Waals surface area contributed by atoms with Crippen molar-refractivity contribution in [2.45, 2.75) is 65.3 Å². The van der Waals surface area contributed by atoms with Gasteiger partial charge in [-0.05, 0) is 38.7 Å². The Hall–Kier alpha value is -3.14. The zero-order valence-electron chi connectivity index (χ0n) is 19.5. The van der Waals surface area contributed by atoms with Gasteiger partial charge in [-0.25, -0.2) is 9.89 Å². The molecule has 1 saturated heterocycles. The maximum Gasteiger partial charge on any atom is 0.378 e. The Bertz CT molecular complexity index is 1150. The van der Waals surface area contributed by atoms with Crippen molar-refractivity contribution in [3.05, 3.63) is 33.8 Å². The molecule has 10 heteroatoms. The van der Waals surface area contributed by atoms with Gasteiger partial charge in [0.25, 0.3) is 5.91 Å². The largest absolute Gasteiger partial charge is 0.477 e. The highest BCUT2D eigenvalue weighted by Crippen LogP contribution is 2.21. The molecule has 33 heavy (non-hydrogen) atoms. The molecule has 2 atom stereocenters. The number of aromatic hydroxyl groups is 1. The van der Waals surface area contributed by atoms with Crippen molar-refractivity contribution in [2.75, 3.05) is 13.1 Å². The molecule has 2 fully saturated rings. The van der Waals surface area contributed by atoms with Crippen molar-refractivity contribution in [3.8, 4) is 5.88 Å². The van der Waals surface area contributed by atoms with Gasteiger partial charge in [-0.2, -0.15) is 4.57 Å². The van der Waals surface area contributed by atoms with Gasteiger partial charge in [0.15, 0.2) is 0 Å². The number of rotatable bonds is 6. The number of morpholine rings is 1. The van der Waals surface area contributed by atoms with E-state index in [0.717, 1.165) is 12.8 Å². The summed E-state index contributed by atoms with van der Waals surface area (Å²) >= 11 is 0. The molecule has 178 valence electrons. The van der Waals surface area contributed by atoms with Crippen LogP contribution in [0.3, 0.4) is 0 Å². The van der Waals surface area contributed by atoms with Crippen LogP contribution in [-0.4, -0.2) is 62.8 Å². The second kappa shape index (κ2) is 9.01. The number of amides is 2. The standard InChI is InChI=1S/C23H31N5O5/c1-13(2)10-27-21-16(5-8-18(29)26-11-14(3)33-15(4)12-26)9-24-28(21)23(32)19(22(27)31)20(30)25-17-6-7-17/h5,8-9,13-15,17H,6-7,10-12H2,1-4H3,(H2,25,30,31,32)/p+1/b8-5+/t14-,15-/m0/s1. The minimum atomic E-state index is -0.637. The molecule has 0 bridgehead atoms. The lowest BCUT2D eigenvalue weighted by Crippen LogP contribution is -2.47. The lowest BCUT2D eigenvalue weighted by Gasteiger charge is -2.34. The molecular weight excluding hydrogens is 426 g/mol. The van der Waals surface area contributed by atoms with Crippen LogP contribution >= 0.6 is 0 Å². The maximum atomic E-state index is 13.1. The van der Waals surface area contributed by atoms with E-state index in [9.17, 15) is 19.5 Å². The van der Waals surface area contributed by atoms with Crippen LogP contribution in [0.1, 0.15) is 56.5 Å². The van der Waals surface area contributed by atoms with Gasteiger partial charge in [0, 0.05) is 25.2 Å². The van der Waals surface area contributed by atoms with E-state index in [1.807, 2.05) is 27.7 Å². The molecular formula is C23H32N5O5+. The van der Waals surface area contributed by atoms with Crippen LogP contribution in [0.4, 0.5) is 0 Å². The molecule has 10 nitrogen and oxygen atoms in total. The molecule has 2 aliphatic rings. The number of hydrogen-bond donors (Lipinski definition) is 3. The number of aromatic nitrogens is 3. The number of hydrogen-bond acceptors (Lipinski definition) is 5. The molecule has 3 heterocycles. The van der Waals surface area contributed by atoms with Crippen LogP contribution in [0.5, 0.6) is 5.88 Å². The Morgan fingerprint density at radius 3 is 2.58 bits per heavy atom. The van der Waals surface area contributed by atoms with Gasteiger partial charge in [0.1, 0.15) is 0 Å². The first kappa shape index (κ1) is 23.0. The van der Waals surface area contributed by atoms with Gasteiger partial charge in [0.2, 0.25) is 11.5 Å². The van der Waals surface area contributed by atoms with E-state index in [-0.39, 0.29) is 41.5 Å². The van der Waals surface area contributed by atoms with Crippen molar-refractivity contribution in [1.82, 2.24) is 19.8 Å². The molecule has 0 aromatic carbocycles.